The number of rotatable bonds is 5. The maximum absolute atomic E-state index is 12.1. The van der Waals surface area contributed by atoms with Gasteiger partial charge in [-0.25, -0.2) is 0 Å². The summed E-state index contributed by atoms with van der Waals surface area (Å²) in [6, 6.07) is 17.3. The zero-order chi connectivity index (χ0) is 18.4. The molecule has 3 rings (SSSR count). The Hall–Kier alpha value is -3.12. The summed E-state index contributed by atoms with van der Waals surface area (Å²) in [5, 5.41) is 4.05. The normalized spacial score (nSPS) is 12.0. The predicted molar refractivity (Wildman–Crippen MR) is 104 cm³/mol. The zero-order valence-electron chi connectivity index (χ0n) is 14.1. The highest BCUT2D eigenvalue weighted by molar-refractivity contribution is 7.10. The molecule has 2 N–H and O–H groups in total. The quantitative estimate of drug-likeness (QED) is 0.536. The van der Waals surface area contributed by atoms with Gasteiger partial charge in [-0.3, -0.25) is 20.4 Å². The summed E-state index contributed by atoms with van der Waals surface area (Å²) in [5.74, 6) is -0.254. The van der Waals surface area contributed by atoms with E-state index in [9.17, 15) is 9.59 Å². The van der Waals surface area contributed by atoms with Crippen LogP contribution in [0, 0.1) is 0 Å². The first kappa shape index (κ1) is 17.7. The highest BCUT2D eigenvalue weighted by atomic mass is 32.1. The first-order valence-corrected chi connectivity index (χ1v) is 8.96. The van der Waals surface area contributed by atoms with Crippen molar-refractivity contribution in [2.75, 3.05) is 0 Å². The van der Waals surface area contributed by atoms with Gasteiger partial charge in [-0.1, -0.05) is 36.4 Å². The van der Waals surface area contributed by atoms with Crippen LogP contribution in [0.2, 0.25) is 0 Å². The lowest BCUT2D eigenvalue weighted by molar-refractivity contribution is -0.131. The number of carbonyl (C=O) groups excluding carboxylic acids is 2. The highest BCUT2D eigenvalue weighted by Gasteiger charge is 2.15. The molecule has 1 atom stereocenters. The van der Waals surface area contributed by atoms with Crippen molar-refractivity contribution in [3.63, 3.8) is 0 Å². The summed E-state index contributed by atoms with van der Waals surface area (Å²) in [6.45, 7) is 1.62. The summed E-state index contributed by atoms with van der Waals surface area (Å²) >= 11 is 1.52. The molecule has 0 fully saturated rings. The number of hydrogen-bond donors (Lipinski definition) is 2. The molecule has 1 aromatic heterocycles. The van der Waals surface area contributed by atoms with Gasteiger partial charge in [0.25, 0.3) is 11.8 Å². The molecule has 0 aliphatic heterocycles. The second kappa shape index (κ2) is 8.31. The van der Waals surface area contributed by atoms with E-state index in [-0.39, 0.29) is 0 Å². The molecule has 0 unspecified atom stereocenters. The van der Waals surface area contributed by atoms with Crippen molar-refractivity contribution >= 4 is 40.0 Å². The lowest BCUT2D eigenvalue weighted by Crippen LogP contribution is -2.46. The third-order valence-electron chi connectivity index (χ3n) is 3.65. The predicted octanol–water partition coefficient (Wildman–Crippen LogP) is 3.53. The van der Waals surface area contributed by atoms with Gasteiger partial charge in [-0.15, -0.1) is 11.3 Å². The van der Waals surface area contributed by atoms with E-state index in [0.29, 0.717) is 5.75 Å². The number of ether oxygens (including phenoxy) is 1. The van der Waals surface area contributed by atoms with Crippen LogP contribution >= 0.6 is 11.3 Å². The molecule has 3 aromatic rings. The van der Waals surface area contributed by atoms with E-state index in [2.05, 4.69) is 10.9 Å². The van der Waals surface area contributed by atoms with E-state index in [4.69, 9.17) is 4.74 Å². The van der Waals surface area contributed by atoms with E-state index in [1.54, 1.807) is 13.0 Å². The number of benzene rings is 2. The molecule has 0 saturated heterocycles. The van der Waals surface area contributed by atoms with Crippen LogP contribution in [0.25, 0.3) is 16.8 Å². The summed E-state index contributed by atoms with van der Waals surface area (Å²) < 4.78 is 5.66. The van der Waals surface area contributed by atoms with Crippen LogP contribution in [-0.2, 0) is 9.59 Å². The van der Waals surface area contributed by atoms with E-state index in [1.807, 2.05) is 60.0 Å². The molecule has 5 nitrogen and oxygen atoms in total. The van der Waals surface area contributed by atoms with Crippen molar-refractivity contribution < 1.29 is 14.3 Å². The van der Waals surface area contributed by atoms with Crippen LogP contribution in [0.15, 0.2) is 66.1 Å². The SMILES string of the molecule is C[C@H](Oc1ccc2ccccc2c1)C(=O)NNC(=O)/C=C/c1cccs1. The Morgan fingerprint density at radius 3 is 2.62 bits per heavy atom. The summed E-state index contributed by atoms with van der Waals surface area (Å²) in [4.78, 5) is 24.8. The fraction of sp³-hybridized carbons (Fsp3) is 0.100. The fourth-order valence-corrected chi connectivity index (χ4v) is 2.93. The number of fused-ring (bicyclic) bond motifs is 1. The second-order valence-corrected chi connectivity index (χ2v) is 6.58. The van der Waals surface area contributed by atoms with Crippen molar-refractivity contribution in [3.8, 4) is 5.75 Å². The minimum Gasteiger partial charge on any atom is -0.481 e. The van der Waals surface area contributed by atoms with Crippen molar-refractivity contribution in [1.82, 2.24) is 10.9 Å². The Morgan fingerprint density at radius 1 is 1.04 bits per heavy atom. The third kappa shape index (κ3) is 4.70. The van der Waals surface area contributed by atoms with Gasteiger partial charge in [0.2, 0.25) is 0 Å². The molecule has 2 amide bonds. The molecule has 0 saturated carbocycles. The molecule has 132 valence electrons. The van der Waals surface area contributed by atoms with Gasteiger partial charge in [0, 0.05) is 11.0 Å². The van der Waals surface area contributed by atoms with Crippen molar-refractivity contribution in [2.24, 2.45) is 0 Å². The van der Waals surface area contributed by atoms with Crippen LogP contribution < -0.4 is 15.6 Å². The van der Waals surface area contributed by atoms with Gasteiger partial charge in [0.1, 0.15) is 5.75 Å². The molecule has 26 heavy (non-hydrogen) atoms. The van der Waals surface area contributed by atoms with Gasteiger partial charge in [0.05, 0.1) is 0 Å². The van der Waals surface area contributed by atoms with Gasteiger partial charge in [-0.2, -0.15) is 0 Å². The topological polar surface area (TPSA) is 67.4 Å². The molecule has 0 aliphatic carbocycles. The fourth-order valence-electron chi connectivity index (χ4n) is 2.31. The van der Waals surface area contributed by atoms with Crippen LogP contribution in [0.4, 0.5) is 0 Å². The van der Waals surface area contributed by atoms with Crippen LogP contribution in [-0.4, -0.2) is 17.9 Å². The smallest absolute Gasteiger partial charge is 0.279 e. The molecule has 1 heterocycles. The Balaban J connectivity index is 1.51. The Bertz CT molecular complexity index is 935. The van der Waals surface area contributed by atoms with Gasteiger partial charge in [-0.05, 0) is 47.4 Å². The maximum atomic E-state index is 12.1. The number of thiophene rings is 1. The average Bonchev–Trinajstić information content (AvgIpc) is 3.18. The lowest BCUT2D eigenvalue weighted by atomic mass is 10.1. The van der Waals surface area contributed by atoms with Gasteiger partial charge >= 0.3 is 0 Å². The molecular weight excluding hydrogens is 348 g/mol. The molecular formula is C20H18N2O3S. The summed E-state index contributed by atoms with van der Waals surface area (Å²) in [5.41, 5.74) is 4.70. The minimum absolute atomic E-state index is 0.412. The monoisotopic (exact) mass is 366 g/mol. The highest BCUT2D eigenvalue weighted by Crippen LogP contribution is 2.21. The van der Waals surface area contributed by atoms with E-state index >= 15 is 0 Å². The molecule has 0 bridgehead atoms. The number of amides is 2. The molecule has 0 aliphatic rings. The minimum atomic E-state index is -0.752. The maximum Gasteiger partial charge on any atom is 0.279 e. The van der Waals surface area contributed by atoms with Crippen molar-refractivity contribution in [1.29, 1.82) is 0 Å². The molecule has 0 radical (unpaired) electrons. The van der Waals surface area contributed by atoms with Gasteiger partial charge < -0.3 is 4.74 Å². The average molecular weight is 366 g/mol. The number of carbonyl (C=O) groups is 2. The van der Waals surface area contributed by atoms with Gasteiger partial charge in [0.15, 0.2) is 6.10 Å². The zero-order valence-corrected chi connectivity index (χ0v) is 15.0. The molecule has 0 spiro atoms. The van der Waals surface area contributed by atoms with E-state index < -0.39 is 17.9 Å². The van der Waals surface area contributed by atoms with E-state index in [0.717, 1.165) is 15.6 Å². The first-order valence-electron chi connectivity index (χ1n) is 8.09. The van der Waals surface area contributed by atoms with Crippen LogP contribution in [0.5, 0.6) is 5.75 Å². The number of nitrogens with one attached hydrogen (secondary N) is 2. The Kier molecular flexibility index (Phi) is 5.66. The van der Waals surface area contributed by atoms with Crippen molar-refractivity contribution in [2.45, 2.75) is 13.0 Å². The van der Waals surface area contributed by atoms with Crippen LogP contribution in [0.1, 0.15) is 11.8 Å². The summed E-state index contributed by atoms with van der Waals surface area (Å²) in [6.07, 6.45) is 2.29. The number of hydrazine groups is 1. The summed E-state index contributed by atoms with van der Waals surface area (Å²) in [7, 11) is 0. The van der Waals surface area contributed by atoms with E-state index in [1.165, 1.54) is 17.4 Å². The number of hydrogen-bond acceptors (Lipinski definition) is 4. The standard InChI is InChI=1S/C20H18N2O3S/c1-14(25-17-9-8-15-5-2-3-6-16(15)13-17)20(24)22-21-19(23)11-10-18-7-4-12-26-18/h2-14H,1H3,(H,21,23)(H,22,24)/b11-10+/t14-/m0/s1. The van der Waals surface area contributed by atoms with Crippen molar-refractivity contribution in [3.05, 3.63) is 70.9 Å². The second-order valence-electron chi connectivity index (χ2n) is 5.60. The largest absolute Gasteiger partial charge is 0.481 e. The Labute approximate surface area is 155 Å². The molecule has 6 heteroatoms. The Morgan fingerprint density at radius 2 is 1.85 bits per heavy atom. The van der Waals surface area contributed by atoms with Crippen LogP contribution in [0.3, 0.4) is 0 Å². The lowest BCUT2D eigenvalue weighted by Gasteiger charge is -2.15. The molecule has 2 aromatic carbocycles. The first-order chi connectivity index (χ1) is 12.6. The third-order valence-corrected chi connectivity index (χ3v) is 4.49.